The van der Waals surface area contributed by atoms with Gasteiger partial charge in [0, 0.05) is 0 Å². The van der Waals surface area contributed by atoms with E-state index in [4.69, 9.17) is 4.84 Å². The van der Waals surface area contributed by atoms with Gasteiger partial charge in [-0.1, -0.05) is 71.0 Å². The third kappa shape index (κ3) is 3.97. The molecule has 0 radical (unpaired) electrons. The highest BCUT2D eigenvalue weighted by molar-refractivity contribution is 6.90. The number of benzene rings is 1. The Morgan fingerprint density at radius 1 is 1.00 bits per heavy atom. The van der Waals surface area contributed by atoms with Crippen molar-refractivity contribution < 1.29 is 8.95 Å². The molecule has 0 unspecified atom stereocenters. The zero-order chi connectivity index (χ0) is 17.2. The summed E-state index contributed by atoms with van der Waals surface area (Å²) in [6, 6.07) is 7.67. The maximum absolute atomic E-state index is 16.1. The van der Waals surface area contributed by atoms with Gasteiger partial charge in [0.25, 0.3) is 8.41 Å². The van der Waals surface area contributed by atoms with Crippen LogP contribution in [0.4, 0.5) is 4.11 Å². The van der Waals surface area contributed by atoms with Crippen molar-refractivity contribution in [3.8, 4) is 0 Å². The Bertz CT molecular complexity index is 495. The number of hydrogen-bond donors (Lipinski definition) is 0. The molecule has 0 fully saturated rings. The van der Waals surface area contributed by atoms with E-state index in [9.17, 15) is 0 Å². The lowest BCUT2D eigenvalue weighted by molar-refractivity contribution is 0.0874. The van der Waals surface area contributed by atoms with Crippen molar-refractivity contribution in [3.05, 3.63) is 29.8 Å². The molecule has 1 rings (SSSR count). The Morgan fingerprint density at radius 2 is 1.45 bits per heavy atom. The highest BCUT2D eigenvalue weighted by Crippen LogP contribution is 2.51. The van der Waals surface area contributed by atoms with Gasteiger partial charge in [-0.2, -0.15) is 0 Å². The maximum atomic E-state index is 16.1. The molecule has 0 aliphatic rings. The van der Waals surface area contributed by atoms with Gasteiger partial charge in [-0.05, 0) is 34.7 Å². The van der Waals surface area contributed by atoms with Gasteiger partial charge in [0.1, 0.15) is 6.10 Å². The van der Waals surface area contributed by atoms with E-state index in [1.165, 1.54) is 0 Å². The Kier molecular flexibility index (Phi) is 5.60. The summed E-state index contributed by atoms with van der Waals surface area (Å²) >= 11 is 0. The van der Waals surface area contributed by atoms with Crippen LogP contribution in [-0.2, 0) is 4.84 Å². The Hall–Kier alpha value is -1.16. The first-order chi connectivity index (χ1) is 9.89. The van der Waals surface area contributed by atoms with Crippen LogP contribution in [0.15, 0.2) is 29.4 Å². The first kappa shape index (κ1) is 18.9. The molecule has 0 spiro atoms. The molecule has 0 aromatic heterocycles. The molecule has 22 heavy (non-hydrogen) atoms. The molecule has 1 aromatic carbocycles. The van der Waals surface area contributed by atoms with Crippen LogP contribution in [-0.4, -0.2) is 20.7 Å². The molecule has 0 bridgehead atoms. The summed E-state index contributed by atoms with van der Waals surface area (Å²) in [7, 11) is -3.18. The summed E-state index contributed by atoms with van der Waals surface area (Å²) < 4.78 is 16.1. The zero-order valence-electron chi connectivity index (χ0n) is 15.2. The molecule has 124 valence electrons. The van der Waals surface area contributed by atoms with Gasteiger partial charge in [0.05, 0.1) is 6.21 Å². The van der Waals surface area contributed by atoms with Crippen molar-refractivity contribution in [2.45, 2.75) is 71.6 Å². The summed E-state index contributed by atoms with van der Waals surface area (Å²) in [6.07, 6.45) is 1.72. The molecule has 0 heterocycles. The summed E-state index contributed by atoms with van der Waals surface area (Å²) in [5.41, 5.74) is 0.920. The lowest BCUT2D eigenvalue weighted by Crippen LogP contribution is -2.57. The minimum atomic E-state index is -3.18. The molecule has 1 aromatic rings. The fourth-order valence-corrected chi connectivity index (χ4v) is 7.61. The van der Waals surface area contributed by atoms with Crippen LogP contribution in [0.5, 0.6) is 0 Å². The molecule has 0 aliphatic heterocycles. The van der Waals surface area contributed by atoms with Crippen LogP contribution in [0.2, 0.25) is 10.1 Å². The largest absolute Gasteiger partial charge is 0.393 e. The van der Waals surface area contributed by atoms with Crippen molar-refractivity contribution in [2.75, 3.05) is 0 Å². The average molecular weight is 324 g/mol. The highest BCUT2D eigenvalue weighted by Gasteiger charge is 2.56. The summed E-state index contributed by atoms with van der Waals surface area (Å²) in [5, 5.41) is 4.05. The number of nitrogens with zero attached hydrogens (tertiary/aromatic N) is 1. The predicted molar refractivity (Wildman–Crippen MR) is 96.2 cm³/mol. The van der Waals surface area contributed by atoms with Gasteiger partial charge in [-0.3, -0.25) is 0 Å². The van der Waals surface area contributed by atoms with Gasteiger partial charge in [0.15, 0.2) is 0 Å². The van der Waals surface area contributed by atoms with Crippen molar-refractivity contribution in [1.29, 1.82) is 0 Å². The molecule has 0 aliphatic carbocycles. The first-order valence-corrected chi connectivity index (χ1v) is 9.76. The van der Waals surface area contributed by atoms with E-state index in [-0.39, 0.29) is 16.2 Å². The predicted octanol–water partition coefficient (Wildman–Crippen LogP) is 5.17. The lowest BCUT2D eigenvalue weighted by atomic mass is 10.2. The fourth-order valence-electron chi connectivity index (χ4n) is 3.00. The molecule has 2 nitrogen and oxygen atoms in total. The Morgan fingerprint density at radius 3 is 1.82 bits per heavy atom. The molecule has 0 N–H and O–H groups in total. The van der Waals surface area contributed by atoms with Crippen LogP contribution in [0.3, 0.4) is 0 Å². The van der Waals surface area contributed by atoms with Crippen molar-refractivity contribution in [3.63, 3.8) is 0 Å². The summed E-state index contributed by atoms with van der Waals surface area (Å²) in [6.45, 7) is 15.9. The van der Waals surface area contributed by atoms with Gasteiger partial charge in [-0.15, -0.1) is 0 Å². The van der Waals surface area contributed by atoms with E-state index in [1.807, 2.05) is 79.7 Å². The van der Waals surface area contributed by atoms with Gasteiger partial charge in [0.2, 0.25) is 0 Å². The van der Waals surface area contributed by atoms with Crippen molar-refractivity contribution in [2.24, 2.45) is 5.16 Å². The third-order valence-electron chi connectivity index (χ3n) is 3.85. The standard InChI is InChI=1S/C18H30FNOSi/c1-14(2)21-20-13-15-9-11-16(12-10-15)22(19,17(3,4)5)18(6,7)8/h9-14H,1-8H3/b20-13+. The number of hydrogen-bond acceptors (Lipinski definition) is 2. The number of rotatable bonds is 4. The average Bonchev–Trinajstić information content (AvgIpc) is 2.35. The molecular weight excluding hydrogens is 293 g/mol. The molecule has 0 amide bonds. The summed E-state index contributed by atoms with van der Waals surface area (Å²) in [5.74, 6) is 0. The van der Waals surface area contributed by atoms with Crippen LogP contribution in [0.1, 0.15) is 61.0 Å². The number of halogens is 1. The minimum Gasteiger partial charge on any atom is -0.393 e. The topological polar surface area (TPSA) is 21.6 Å². The zero-order valence-corrected chi connectivity index (χ0v) is 16.2. The fraction of sp³-hybridized carbons (Fsp3) is 0.611. The normalized spacial score (nSPS) is 13.9. The Labute approximate surface area is 135 Å². The second kappa shape index (κ2) is 6.53. The van der Waals surface area contributed by atoms with Gasteiger partial charge >= 0.3 is 0 Å². The molecule has 0 saturated heterocycles. The maximum Gasteiger partial charge on any atom is 0.288 e. The van der Waals surface area contributed by atoms with E-state index in [0.29, 0.717) is 0 Å². The van der Waals surface area contributed by atoms with E-state index < -0.39 is 8.41 Å². The van der Waals surface area contributed by atoms with Gasteiger partial charge in [-0.25, -0.2) is 0 Å². The second-order valence-electron chi connectivity index (χ2n) is 8.17. The quantitative estimate of drug-likeness (QED) is 0.324. The van der Waals surface area contributed by atoms with Crippen LogP contribution < -0.4 is 5.19 Å². The SMILES string of the molecule is CC(C)O/N=C/c1ccc([Si](F)(C(C)(C)C)C(C)(C)C)cc1. The van der Waals surface area contributed by atoms with E-state index in [1.54, 1.807) is 6.21 Å². The van der Waals surface area contributed by atoms with E-state index >= 15 is 4.11 Å². The number of oxime groups is 1. The van der Waals surface area contributed by atoms with Crippen molar-refractivity contribution in [1.82, 2.24) is 0 Å². The first-order valence-electron chi connectivity index (χ1n) is 7.88. The highest BCUT2D eigenvalue weighted by atomic mass is 28.4. The van der Waals surface area contributed by atoms with Crippen LogP contribution in [0, 0.1) is 0 Å². The van der Waals surface area contributed by atoms with Crippen LogP contribution in [0.25, 0.3) is 0 Å². The lowest BCUT2D eigenvalue weighted by Gasteiger charge is -2.44. The molecule has 0 atom stereocenters. The minimum absolute atomic E-state index is 0.0585. The van der Waals surface area contributed by atoms with Crippen molar-refractivity contribution >= 4 is 19.8 Å². The smallest absolute Gasteiger partial charge is 0.288 e. The molecular formula is C18H30FNOSi. The molecule has 0 saturated carbocycles. The third-order valence-corrected chi connectivity index (χ3v) is 9.11. The monoisotopic (exact) mass is 323 g/mol. The van der Waals surface area contributed by atoms with Crippen LogP contribution >= 0.6 is 0 Å². The summed E-state index contributed by atoms with van der Waals surface area (Å²) in [4.78, 5) is 5.16. The molecule has 4 heteroatoms. The Balaban J connectivity index is 3.13. The van der Waals surface area contributed by atoms with Gasteiger partial charge < -0.3 is 8.95 Å². The van der Waals surface area contributed by atoms with E-state index in [2.05, 4.69) is 5.16 Å². The second-order valence-corrected chi connectivity index (χ2v) is 13.1. The van der Waals surface area contributed by atoms with E-state index in [0.717, 1.165) is 10.8 Å².